The molecule has 14 rings (SSSR count). The number of benzene rings is 9. The van der Waals surface area contributed by atoms with Gasteiger partial charge in [0.2, 0.25) is 0 Å². The Balaban J connectivity index is 0.951. The van der Waals surface area contributed by atoms with Gasteiger partial charge < -0.3 is 0 Å². The van der Waals surface area contributed by atoms with Gasteiger partial charge in [0.1, 0.15) is 5.82 Å². The molecule has 69 heavy (non-hydrogen) atoms. The monoisotopic (exact) mass is 886 g/mol. The Bertz CT molecular complexity index is 3750. The lowest BCUT2D eigenvalue weighted by Crippen LogP contribution is -2.28. The average Bonchev–Trinajstić information content (AvgIpc) is 3.43. The molecule has 0 aliphatic heterocycles. The van der Waals surface area contributed by atoms with E-state index in [9.17, 15) is 0 Å². The molecule has 11 aromatic rings. The Morgan fingerprint density at radius 2 is 0.536 bits per heavy atom. The van der Waals surface area contributed by atoms with E-state index in [1.807, 2.05) is 127 Å². The fraction of sp³-hybridized carbons (Fsp3) is 0.0323. The Morgan fingerprint density at radius 3 is 0.957 bits per heavy atom. The summed E-state index contributed by atoms with van der Waals surface area (Å²) in [5.74, 6) is 2.85. The van der Waals surface area contributed by atoms with E-state index in [-0.39, 0.29) is 17.7 Å². The number of hydrogen-bond donors (Lipinski definition) is 0. The maximum absolute atomic E-state index is 15.4. The highest BCUT2D eigenvalue weighted by Crippen LogP contribution is 2.57. The zero-order valence-corrected chi connectivity index (χ0v) is 37.1. The van der Waals surface area contributed by atoms with Crippen LogP contribution in [0.4, 0.5) is 4.39 Å². The molecule has 0 saturated carbocycles. The number of nitrogens with zero attached hydrogens (tertiary/aromatic N) is 6. The predicted octanol–water partition coefficient (Wildman–Crippen LogP) is 14.5. The Morgan fingerprint density at radius 1 is 0.232 bits per heavy atom. The summed E-state index contributed by atoms with van der Waals surface area (Å²) < 4.78 is 15.4. The Hall–Kier alpha value is -9.07. The zero-order valence-electron chi connectivity index (χ0n) is 37.1. The first-order valence-corrected chi connectivity index (χ1v) is 23.1. The van der Waals surface area contributed by atoms with E-state index in [1.54, 1.807) is 12.1 Å². The highest BCUT2D eigenvalue weighted by Gasteiger charge is 2.42. The summed E-state index contributed by atoms with van der Waals surface area (Å²) in [4.78, 5) is 30.9. The van der Waals surface area contributed by atoms with Gasteiger partial charge >= 0.3 is 0 Å². The summed E-state index contributed by atoms with van der Waals surface area (Å²) in [5, 5.41) is 0. The van der Waals surface area contributed by atoms with Crippen molar-refractivity contribution >= 4 is 0 Å². The van der Waals surface area contributed by atoms with Crippen molar-refractivity contribution < 1.29 is 4.39 Å². The lowest BCUT2D eigenvalue weighted by Gasteiger charge is -2.42. The highest BCUT2D eigenvalue weighted by molar-refractivity contribution is 5.84. The van der Waals surface area contributed by atoms with Gasteiger partial charge in [0, 0.05) is 45.2 Å². The molecule has 3 aliphatic carbocycles. The molecule has 0 amide bonds. The molecular formula is C62H39FN6. The van der Waals surface area contributed by atoms with Crippen molar-refractivity contribution in [1.82, 2.24) is 29.9 Å². The van der Waals surface area contributed by atoms with E-state index in [4.69, 9.17) is 29.9 Å². The fourth-order valence-corrected chi connectivity index (χ4v) is 10.3. The summed E-state index contributed by atoms with van der Waals surface area (Å²) in [7, 11) is 0. The topological polar surface area (TPSA) is 77.3 Å². The van der Waals surface area contributed by atoms with Gasteiger partial charge in [-0.1, -0.05) is 200 Å². The second-order valence-corrected chi connectivity index (χ2v) is 17.5. The number of aromatic nitrogens is 6. The van der Waals surface area contributed by atoms with Crippen molar-refractivity contribution in [2.75, 3.05) is 0 Å². The smallest absolute Gasteiger partial charge is 0.164 e. The van der Waals surface area contributed by atoms with Crippen LogP contribution in [0.2, 0.25) is 0 Å². The molecule has 2 bridgehead atoms. The van der Waals surface area contributed by atoms with Crippen LogP contribution in [0.25, 0.3) is 90.6 Å². The minimum absolute atomic E-state index is 0.162. The van der Waals surface area contributed by atoms with Gasteiger partial charge in [0.15, 0.2) is 34.9 Å². The van der Waals surface area contributed by atoms with Crippen molar-refractivity contribution in [3.05, 3.63) is 264 Å². The van der Waals surface area contributed by atoms with Crippen LogP contribution >= 0.6 is 0 Å². The molecule has 9 aromatic carbocycles. The normalized spacial score (nSPS) is 14.2. The molecule has 7 heteroatoms. The van der Waals surface area contributed by atoms with Crippen molar-refractivity contribution in [1.29, 1.82) is 0 Å². The molecule has 2 aromatic heterocycles. The quantitative estimate of drug-likeness (QED) is 0.151. The molecule has 2 unspecified atom stereocenters. The van der Waals surface area contributed by atoms with Crippen LogP contribution in [0, 0.1) is 5.82 Å². The molecule has 0 fully saturated rings. The molecule has 0 saturated heterocycles. The number of hydrogen-bond acceptors (Lipinski definition) is 6. The van der Waals surface area contributed by atoms with E-state index in [2.05, 4.69) is 84.9 Å². The minimum Gasteiger partial charge on any atom is -0.208 e. The van der Waals surface area contributed by atoms with Gasteiger partial charge in [0.25, 0.3) is 0 Å². The average molecular weight is 887 g/mol. The summed E-state index contributed by atoms with van der Waals surface area (Å²) >= 11 is 0. The standard InChI is InChI=1S/C62H39FN6/c63-44-31-34-49-54(37-44)56-48-33-30-42(59-64-57(40-21-9-3-10-22-40)66-61(68-59)50-27-15-13-25-45(50)38-17-5-1-6-18-38)35-52(48)55(49)47-32-29-43(36-53(47)56)60-65-58(41-23-11-4-12-24-41)67-62(69-60)51-28-16-14-26-46(51)39-19-7-2-8-20-39/h1-37,55-56H. The number of rotatable bonds is 8. The summed E-state index contributed by atoms with van der Waals surface area (Å²) in [5.41, 5.74) is 16.2. The van der Waals surface area contributed by atoms with Gasteiger partial charge in [-0.15, -0.1) is 0 Å². The van der Waals surface area contributed by atoms with Crippen molar-refractivity contribution in [3.63, 3.8) is 0 Å². The lowest BCUT2D eigenvalue weighted by atomic mass is 9.60. The van der Waals surface area contributed by atoms with Gasteiger partial charge in [-0.3, -0.25) is 0 Å². The molecule has 3 aliphatic rings. The number of halogens is 1. The lowest BCUT2D eigenvalue weighted by molar-refractivity contribution is 0.619. The van der Waals surface area contributed by atoms with E-state index in [0.29, 0.717) is 34.9 Å². The molecule has 6 nitrogen and oxygen atoms in total. The van der Waals surface area contributed by atoms with Gasteiger partial charge in [-0.2, -0.15) is 0 Å². The van der Waals surface area contributed by atoms with Gasteiger partial charge in [-0.25, -0.2) is 34.3 Å². The molecule has 2 atom stereocenters. The summed E-state index contributed by atoms with van der Waals surface area (Å²) in [6, 6.07) is 75.6. The van der Waals surface area contributed by atoms with Crippen LogP contribution in [-0.2, 0) is 0 Å². The molecular weight excluding hydrogens is 848 g/mol. The fourth-order valence-electron chi connectivity index (χ4n) is 10.3. The van der Waals surface area contributed by atoms with Crippen LogP contribution in [0.1, 0.15) is 45.2 Å². The second kappa shape index (κ2) is 16.7. The highest BCUT2D eigenvalue weighted by atomic mass is 19.1. The third-order valence-electron chi connectivity index (χ3n) is 13.4. The summed E-state index contributed by atoms with van der Waals surface area (Å²) in [6.45, 7) is 0. The third kappa shape index (κ3) is 7.11. The first-order chi connectivity index (χ1) is 34.1. The first kappa shape index (κ1) is 40.2. The zero-order chi connectivity index (χ0) is 45.8. The van der Waals surface area contributed by atoms with Crippen molar-refractivity contribution in [3.8, 4) is 90.6 Å². The van der Waals surface area contributed by atoms with Crippen LogP contribution in [0.15, 0.2) is 224 Å². The van der Waals surface area contributed by atoms with Gasteiger partial charge in [0.05, 0.1) is 0 Å². The predicted molar refractivity (Wildman–Crippen MR) is 271 cm³/mol. The van der Waals surface area contributed by atoms with Crippen molar-refractivity contribution in [2.45, 2.75) is 11.8 Å². The molecule has 0 radical (unpaired) electrons. The molecule has 0 N–H and O–H groups in total. The minimum atomic E-state index is -0.259. The van der Waals surface area contributed by atoms with E-state index in [1.165, 1.54) is 0 Å². The molecule has 324 valence electrons. The maximum atomic E-state index is 15.4. The maximum Gasteiger partial charge on any atom is 0.164 e. The third-order valence-corrected chi connectivity index (χ3v) is 13.4. The van der Waals surface area contributed by atoms with E-state index >= 15 is 4.39 Å². The molecule has 0 spiro atoms. The second-order valence-electron chi connectivity index (χ2n) is 17.5. The van der Waals surface area contributed by atoms with E-state index in [0.717, 1.165) is 89.0 Å². The van der Waals surface area contributed by atoms with Crippen LogP contribution in [-0.4, -0.2) is 29.9 Å². The Kier molecular flexibility index (Phi) is 9.72. The SMILES string of the molecule is Fc1ccc2c(c1)C1c3ccc(-c4nc(-c5ccccc5)nc(-c5ccccc5-c5ccccc5)n4)cc3C2c2ccc(-c3nc(-c4ccccc4)nc(-c4ccccc4-c4ccccc4)n3)cc21. The van der Waals surface area contributed by atoms with Crippen LogP contribution in [0.5, 0.6) is 0 Å². The van der Waals surface area contributed by atoms with Crippen LogP contribution < -0.4 is 0 Å². The van der Waals surface area contributed by atoms with Crippen molar-refractivity contribution in [2.24, 2.45) is 0 Å². The molecule has 2 heterocycles. The van der Waals surface area contributed by atoms with Gasteiger partial charge in [-0.05, 0) is 79.9 Å². The van der Waals surface area contributed by atoms with Crippen LogP contribution in [0.3, 0.4) is 0 Å². The largest absolute Gasteiger partial charge is 0.208 e. The van der Waals surface area contributed by atoms with E-state index < -0.39 is 0 Å². The Labute approximate surface area is 398 Å². The summed E-state index contributed by atoms with van der Waals surface area (Å²) in [6.07, 6.45) is 0. The first-order valence-electron chi connectivity index (χ1n) is 23.1.